The van der Waals surface area contributed by atoms with Crippen molar-refractivity contribution in [1.82, 2.24) is 4.98 Å². The van der Waals surface area contributed by atoms with Gasteiger partial charge in [-0.15, -0.1) is 11.3 Å². The van der Waals surface area contributed by atoms with E-state index in [9.17, 15) is 9.59 Å². The molecule has 1 heterocycles. The van der Waals surface area contributed by atoms with Crippen molar-refractivity contribution in [2.45, 2.75) is 6.92 Å². The molecule has 23 heavy (non-hydrogen) atoms. The molecule has 2 rings (SSSR count). The lowest BCUT2D eigenvalue weighted by Gasteiger charge is -2.08. The first kappa shape index (κ1) is 17.3. The Hall–Kier alpha value is -2.06. The predicted octanol–water partition coefficient (Wildman–Crippen LogP) is 3.05. The van der Waals surface area contributed by atoms with Gasteiger partial charge in [-0.25, -0.2) is 4.98 Å². The number of ether oxygens (including phenoxy) is 2. The van der Waals surface area contributed by atoms with E-state index in [1.54, 1.807) is 26.4 Å². The van der Waals surface area contributed by atoms with Crippen LogP contribution in [0.2, 0.25) is 0 Å². The first-order valence-electron chi connectivity index (χ1n) is 6.64. The molecule has 0 unspecified atom stereocenters. The average Bonchev–Trinajstić information content (AvgIpc) is 3.00. The third-order valence-electron chi connectivity index (χ3n) is 2.84. The first-order chi connectivity index (χ1) is 11.0. The molecule has 0 bridgehead atoms. The van der Waals surface area contributed by atoms with Gasteiger partial charge >= 0.3 is 0 Å². The highest BCUT2D eigenvalue weighted by molar-refractivity contribution is 8.14. The zero-order chi connectivity index (χ0) is 16.8. The van der Waals surface area contributed by atoms with Crippen LogP contribution in [0.25, 0.3) is 11.3 Å². The van der Waals surface area contributed by atoms with Crippen molar-refractivity contribution in [3.63, 3.8) is 0 Å². The van der Waals surface area contributed by atoms with E-state index >= 15 is 0 Å². The van der Waals surface area contributed by atoms with Gasteiger partial charge in [0.15, 0.2) is 10.2 Å². The minimum absolute atomic E-state index is 0.0761. The molecule has 0 saturated carbocycles. The molecule has 2 aromatic rings. The molecule has 0 spiro atoms. The van der Waals surface area contributed by atoms with Crippen LogP contribution in [-0.4, -0.2) is 36.0 Å². The van der Waals surface area contributed by atoms with Gasteiger partial charge in [-0.05, 0) is 18.2 Å². The van der Waals surface area contributed by atoms with Crippen LogP contribution >= 0.6 is 23.1 Å². The number of aromatic nitrogens is 1. The molecular weight excluding hydrogens is 336 g/mol. The molecule has 0 atom stereocenters. The minimum atomic E-state index is -0.260. The summed E-state index contributed by atoms with van der Waals surface area (Å²) < 4.78 is 10.6. The molecule has 6 nitrogen and oxygen atoms in total. The van der Waals surface area contributed by atoms with E-state index in [1.165, 1.54) is 18.3 Å². The van der Waals surface area contributed by atoms with Crippen molar-refractivity contribution in [2.24, 2.45) is 0 Å². The average molecular weight is 352 g/mol. The van der Waals surface area contributed by atoms with Gasteiger partial charge in [0.25, 0.3) is 0 Å². The Kier molecular flexibility index (Phi) is 6.00. The molecule has 1 amide bonds. The number of thioether (sulfide) groups is 1. The van der Waals surface area contributed by atoms with Gasteiger partial charge in [0, 0.05) is 17.9 Å². The number of methoxy groups -OCH3 is 2. The van der Waals surface area contributed by atoms with Gasteiger partial charge in [0.1, 0.15) is 11.5 Å². The number of thiazole rings is 1. The summed E-state index contributed by atoms with van der Waals surface area (Å²) >= 11 is 2.27. The van der Waals surface area contributed by atoms with E-state index in [0.717, 1.165) is 17.3 Å². The fourth-order valence-corrected chi connectivity index (χ4v) is 2.92. The highest BCUT2D eigenvalue weighted by Gasteiger charge is 2.13. The third kappa shape index (κ3) is 4.70. The van der Waals surface area contributed by atoms with E-state index in [-0.39, 0.29) is 16.8 Å². The molecular formula is C15H16N2O4S2. The van der Waals surface area contributed by atoms with Crippen molar-refractivity contribution in [3.8, 4) is 22.8 Å². The fourth-order valence-electron chi connectivity index (χ4n) is 1.79. The summed E-state index contributed by atoms with van der Waals surface area (Å²) in [5, 5.41) is 4.88. The van der Waals surface area contributed by atoms with Crippen LogP contribution in [0.1, 0.15) is 6.92 Å². The summed E-state index contributed by atoms with van der Waals surface area (Å²) in [7, 11) is 3.17. The second kappa shape index (κ2) is 7.98. The zero-order valence-electron chi connectivity index (χ0n) is 12.9. The number of carbonyl (C=O) groups is 2. The predicted molar refractivity (Wildman–Crippen MR) is 92.4 cm³/mol. The number of rotatable bonds is 6. The van der Waals surface area contributed by atoms with Gasteiger partial charge in [-0.3, -0.25) is 9.59 Å². The standard InChI is InChI=1S/C15H16N2O4S2/c1-9(18)22-8-14(19)17-15-16-12(7-23-15)11-6-10(20-2)4-5-13(11)21-3/h4-7H,8H2,1-3H3,(H,16,17,19). The van der Waals surface area contributed by atoms with Crippen molar-refractivity contribution in [1.29, 1.82) is 0 Å². The maximum atomic E-state index is 11.7. The molecule has 0 fully saturated rings. The summed E-state index contributed by atoms with van der Waals surface area (Å²) in [4.78, 5) is 27.0. The maximum Gasteiger partial charge on any atom is 0.236 e. The number of hydrogen-bond acceptors (Lipinski definition) is 7. The number of anilines is 1. The monoisotopic (exact) mass is 352 g/mol. The topological polar surface area (TPSA) is 77.5 Å². The summed E-state index contributed by atoms with van der Waals surface area (Å²) in [5.74, 6) is 1.18. The minimum Gasteiger partial charge on any atom is -0.497 e. The largest absolute Gasteiger partial charge is 0.497 e. The van der Waals surface area contributed by atoms with E-state index < -0.39 is 0 Å². The van der Waals surface area contributed by atoms with Crippen LogP contribution < -0.4 is 14.8 Å². The zero-order valence-corrected chi connectivity index (χ0v) is 14.5. The van der Waals surface area contributed by atoms with Gasteiger partial charge in [0.05, 0.1) is 25.7 Å². The molecule has 0 saturated heterocycles. The van der Waals surface area contributed by atoms with Crippen molar-refractivity contribution in [2.75, 3.05) is 25.3 Å². The smallest absolute Gasteiger partial charge is 0.236 e. The van der Waals surface area contributed by atoms with Crippen LogP contribution in [-0.2, 0) is 9.59 Å². The third-order valence-corrected chi connectivity index (χ3v) is 4.41. The number of amides is 1. The lowest BCUT2D eigenvalue weighted by molar-refractivity contribution is -0.114. The van der Waals surface area contributed by atoms with Crippen molar-refractivity contribution in [3.05, 3.63) is 23.6 Å². The highest BCUT2D eigenvalue weighted by atomic mass is 32.2. The van der Waals surface area contributed by atoms with Crippen LogP contribution in [0.3, 0.4) is 0 Å². The van der Waals surface area contributed by atoms with Crippen molar-refractivity contribution >= 4 is 39.3 Å². The van der Waals surface area contributed by atoms with Gasteiger partial charge in [0.2, 0.25) is 5.91 Å². The number of benzene rings is 1. The Morgan fingerprint density at radius 1 is 1.30 bits per heavy atom. The number of carbonyl (C=O) groups excluding carboxylic acids is 2. The summed E-state index contributed by atoms with van der Waals surface area (Å²) in [5.41, 5.74) is 1.46. The number of nitrogens with one attached hydrogen (secondary N) is 1. The maximum absolute atomic E-state index is 11.7. The molecule has 122 valence electrons. The molecule has 8 heteroatoms. The SMILES string of the molecule is COc1ccc(OC)c(-c2csc(NC(=O)CSC(C)=O)n2)c1. The Morgan fingerprint density at radius 2 is 2.09 bits per heavy atom. The molecule has 0 radical (unpaired) electrons. The molecule has 0 aliphatic heterocycles. The number of hydrogen-bond donors (Lipinski definition) is 1. The molecule has 1 N–H and O–H groups in total. The molecule has 0 aliphatic carbocycles. The molecule has 1 aromatic heterocycles. The lowest BCUT2D eigenvalue weighted by Crippen LogP contribution is -2.14. The first-order valence-corrected chi connectivity index (χ1v) is 8.51. The molecule has 1 aromatic carbocycles. The van der Waals surface area contributed by atoms with Crippen LogP contribution in [0.5, 0.6) is 11.5 Å². The van der Waals surface area contributed by atoms with Gasteiger partial charge in [-0.1, -0.05) is 11.8 Å². The van der Waals surface area contributed by atoms with Crippen LogP contribution in [0.15, 0.2) is 23.6 Å². The number of nitrogens with zero attached hydrogens (tertiary/aromatic N) is 1. The second-order valence-corrected chi connectivity index (χ2v) is 6.44. The van der Waals surface area contributed by atoms with E-state index in [2.05, 4.69) is 10.3 Å². The summed E-state index contributed by atoms with van der Waals surface area (Å²) in [6, 6.07) is 5.43. The van der Waals surface area contributed by atoms with Gasteiger partial charge in [-0.2, -0.15) is 0 Å². The quantitative estimate of drug-likeness (QED) is 0.861. The molecule has 0 aliphatic rings. The normalized spacial score (nSPS) is 10.2. The van der Waals surface area contributed by atoms with Crippen LogP contribution in [0.4, 0.5) is 5.13 Å². The van der Waals surface area contributed by atoms with Crippen molar-refractivity contribution < 1.29 is 19.1 Å². The van der Waals surface area contributed by atoms with E-state index in [0.29, 0.717) is 22.3 Å². The lowest BCUT2D eigenvalue weighted by atomic mass is 10.1. The van der Waals surface area contributed by atoms with Gasteiger partial charge < -0.3 is 14.8 Å². The summed E-state index contributed by atoms with van der Waals surface area (Å²) in [6.07, 6.45) is 0. The highest BCUT2D eigenvalue weighted by Crippen LogP contribution is 2.35. The Balaban J connectivity index is 2.15. The van der Waals surface area contributed by atoms with Crippen LogP contribution in [0, 0.1) is 0 Å². The Bertz CT molecular complexity index is 715. The van der Waals surface area contributed by atoms with E-state index in [1.807, 2.05) is 11.4 Å². The second-order valence-electron chi connectivity index (χ2n) is 4.43. The Morgan fingerprint density at radius 3 is 2.74 bits per heavy atom. The Labute approximate surface area is 142 Å². The fraction of sp³-hybridized carbons (Fsp3) is 0.267. The van der Waals surface area contributed by atoms with E-state index in [4.69, 9.17) is 9.47 Å². The summed E-state index contributed by atoms with van der Waals surface area (Å²) in [6.45, 7) is 1.43.